The zero-order chi connectivity index (χ0) is 19.9. The van der Waals surface area contributed by atoms with Gasteiger partial charge in [-0.3, -0.25) is 0 Å². The van der Waals surface area contributed by atoms with E-state index in [0.717, 1.165) is 29.9 Å². The average molecular weight is 382 g/mol. The molecule has 2 aliphatic carbocycles. The monoisotopic (exact) mass is 381 g/mol. The number of benzene rings is 1. The summed E-state index contributed by atoms with van der Waals surface area (Å²) in [5, 5.41) is 8.70. The Kier molecular flexibility index (Phi) is 7.27. The molecule has 0 saturated heterocycles. The normalized spacial score (nSPS) is 27.8. The van der Waals surface area contributed by atoms with Crippen LogP contribution in [-0.4, -0.2) is 0 Å². The molecule has 2 fully saturated rings. The van der Waals surface area contributed by atoms with Crippen LogP contribution in [0, 0.1) is 58.5 Å². The molecule has 3 rings (SSSR count). The number of nitrogens with zero attached hydrogens (tertiary/aromatic N) is 1. The van der Waals surface area contributed by atoms with E-state index in [1.807, 2.05) is 6.08 Å². The highest BCUT2D eigenvalue weighted by molar-refractivity contribution is 5.43. The van der Waals surface area contributed by atoms with Crippen LogP contribution < -0.4 is 0 Å². The number of hydrogen-bond acceptors (Lipinski definition) is 1. The number of hydrogen-bond donors (Lipinski definition) is 0. The highest BCUT2D eigenvalue weighted by Gasteiger charge is 2.29. The second kappa shape index (κ2) is 9.88. The summed E-state index contributed by atoms with van der Waals surface area (Å²) >= 11 is 0. The topological polar surface area (TPSA) is 23.8 Å². The Hall–Kier alpha value is -2.13. The molecule has 0 amide bonds. The Morgan fingerprint density at radius 1 is 0.964 bits per heavy atom. The van der Waals surface area contributed by atoms with Gasteiger partial charge < -0.3 is 0 Å². The van der Waals surface area contributed by atoms with Crippen LogP contribution in [0.15, 0.2) is 24.3 Å². The van der Waals surface area contributed by atoms with Crippen molar-refractivity contribution < 1.29 is 8.78 Å². The molecular formula is C25H29F2N. The predicted octanol–water partition coefficient (Wildman–Crippen LogP) is 6.77. The summed E-state index contributed by atoms with van der Waals surface area (Å²) < 4.78 is 27.2. The van der Waals surface area contributed by atoms with Crippen LogP contribution in [0.2, 0.25) is 0 Å². The van der Waals surface area contributed by atoms with E-state index in [2.05, 4.69) is 24.8 Å². The largest absolute Gasteiger partial charge is 0.205 e. The SMILES string of the molecule is CCC1CCC(C2CCC(C=CC#Cc3cc(F)c(C#N)c(F)c3)CC2)CC1. The molecule has 0 aromatic heterocycles. The zero-order valence-electron chi connectivity index (χ0n) is 16.7. The van der Waals surface area contributed by atoms with E-state index >= 15 is 0 Å². The fourth-order valence-electron chi connectivity index (χ4n) is 4.94. The van der Waals surface area contributed by atoms with Crippen molar-refractivity contribution in [1.29, 1.82) is 5.26 Å². The molecule has 148 valence electrons. The van der Waals surface area contributed by atoms with Crippen molar-refractivity contribution in [3.8, 4) is 17.9 Å². The molecule has 0 bridgehead atoms. The van der Waals surface area contributed by atoms with E-state index in [-0.39, 0.29) is 5.56 Å². The summed E-state index contributed by atoms with van der Waals surface area (Å²) in [6.07, 6.45) is 16.1. The van der Waals surface area contributed by atoms with Gasteiger partial charge in [-0.2, -0.15) is 5.26 Å². The van der Waals surface area contributed by atoms with Gasteiger partial charge in [0.25, 0.3) is 0 Å². The molecule has 2 aliphatic rings. The first-order chi connectivity index (χ1) is 13.6. The van der Waals surface area contributed by atoms with Gasteiger partial charge in [-0.15, -0.1) is 0 Å². The van der Waals surface area contributed by atoms with Gasteiger partial charge in [0, 0.05) is 5.56 Å². The third-order valence-corrected chi connectivity index (χ3v) is 6.77. The third-order valence-electron chi connectivity index (χ3n) is 6.77. The van der Waals surface area contributed by atoms with Crippen molar-refractivity contribution in [2.75, 3.05) is 0 Å². The summed E-state index contributed by atoms with van der Waals surface area (Å²) in [7, 11) is 0. The lowest BCUT2D eigenvalue weighted by molar-refractivity contribution is 0.154. The minimum atomic E-state index is -0.859. The Labute approximate surface area is 167 Å². The van der Waals surface area contributed by atoms with Crippen LogP contribution >= 0.6 is 0 Å². The highest BCUT2D eigenvalue weighted by Crippen LogP contribution is 2.42. The van der Waals surface area contributed by atoms with E-state index in [4.69, 9.17) is 5.26 Å². The highest BCUT2D eigenvalue weighted by atomic mass is 19.1. The molecule has 0 heterocycles. The number of halogens is 2. The molecule has 0 N–H and O–H groups in total. The Bertz CT molecular complexity index is 769. The van der Waals surface area contributed by atoms with Crippen molar-refractivity contribution in [2.24, 2.45) is 23.7 Å². The van der Waals surface area contributed by atoms with Crippen molar-refractivity contribution in [1.82, 2.24) is 0 Å². The number of nitriles is 1. The van der Waals surface area contributed by atoms with E-state index in [9.17, 15) is 8.78 Å². The van der Waals surface area contributed by atoms with Gasteiger partial charge in [0.1, 0.15) is 23.3 Å². The van der Waals surface area contributed by atoms with Crippen molar-refractivity contribution in [2.45, 2.75) is 64.7 Å². The molecule has 0 atom stereocenters. The maximum atomic E-state index is 13.6. The predicted molar refractivity (Wildman–Crippen MR) is 108 cm³/mol. The van der Waals surface area contributed by atoms with Gasteiger partial charge in [0.2, 0.25) is 0 Å². The third kappa shape index (κ3) is 5.23. The summed E-state index contributed by atoms with van der Waals surface area (Å²) in [6.45, 7) is 2.32. The van der Waals surface area contributed by atoms with Crippen molar-refractivity contribution >= 4 is 0 Å². The molecular weight excluding hydrogens is 352 g/mol. The van der Waals surface area contributed by atoms with Gasteiger partial charge in [-0.1, -0.05) is 44.1 Å². The molecule has 1 nitrogen and oxygen atoms in total. The minimum absolute atomic E-state index is 0.255. The summed E-state index contributed by atoms with van der Waals surface area (Å²) in [5.74, 6) is 7.29. The van der Waals surface area contributed by atoms with Crippen LogP contribution in [0.3, 0.4) is 0 Å². The number of allylic oxidation sites excluding steroid dienone is 2. The smallest absolute Gasteiger partial charge is 0.145 e. The van der Waals surface area contributed by atoms with E-state index < -0.39 is 17.2 Å². The lowest BCUT2D eigenvalue weighted by Crippen LogP contribution is -2.25. The Morgan fingerprint density at radius 2 is 1.54 bits per heavy atom. The standard InChI is InChI=1S/C25H29F2N/c1-2-18-7-11-21(12-8-18)22-13-9-19(10-14-22)5-3-4-6-20-15-24(26)23(17-28)25(27)16-20/h3,5,15-16,18-19,21-22H,2,7-14H2,1H3. The first kappa shape index (κ1) is 20.6. The molecule has 0 radical (unpaired) electrons. The summed E-state index contributed by atoms with van der Waals surface area (Å²) in [4.78, 5) is 0. The first-order valence-electron chi connectivity index (χ1n) is 10.7. The Morgan fingerprint density at radius 3 is 2.07 bits per heavy atom. The Balaban J connectivity index is 1.48. The second-order valence-corrected chi connectivity index (χ2v) is 8.42. The van der Waals surface area contributed by atoms with Gasteiger partial charge in [-0.25, -0.2) is 8.78 Å². The molecule has 28 heavy (non-hydrogen) atoms. The zero-order valence-corrected chi connectivity index (χ0v) is 16.7. The molecule has 0 aliphatic heterocycles. The maximum Gasteiger partial charge on any atom is 0.145 e. The van der Waals surface area contributed by atoms with Crippen LogP contribution in [0.5, 0.6) is 0 Å². The lowest BCUT2D eigenvalue weighted by Gasteiger charge is -2.37. The maximum absolute atomic E-state index is 13.6. The summed E-state index contributed by atoms with van der Waals surface area (Å²) in [6, 6.07) is 3.75. The molecule has 0 spiro atoms. The van der Waals surface area contributed by atoms with Gasteiger partial charge in [0.15, 0.2) is 0 Å². The van der Waals surface area contributed by atoms with Crippen LogP contribution in [0.1, 0.15) is 75.8 Å². The lowest BCUT2D eigenvalue weighted by atomic mass is 9.69. The second-order valence-electron chi connectivity index (χ2n) is 8.42. The number of rotatable bonds is 3. The average Bonchev–Trinajstić information content (AvgIpc) is 2.72. The fourth-order valence-corrected chi connectivity index (χ4v) is 4.94. The minimum Gasteiger partial charge on any atom is -0.205 e. The van der Waals surface area contributed by atoms with Gasteiger partial charge in [0.05, 0.1) is 0 Å². The molecule has 3 heteroatoms. The fraction of sp³-hybridized carbons (Fsp3) is 0.560. The van der Waals surface area contributed by atoms with Gasteiger partial charge >= 0.3 is 0 Å². The van der Waals surface area contributed by atoms with E-state index in [0.29, 0.717) is 5.92 Å². The van der Waals surface area contributed by atoms with Crippen molar-refractivity contribution in [3.05, 3.63) is 47.0 Å². The summed E-state index contributed by atoms with van der Waals surface area (Å²) in [5.41, 5.74) is -0.300. The van der Waals surface area contributed by atoms with Crippen LogP contribution in [0.4, 0.5) is 8.78 Å². The molecule has 0 unspecified atom stereocenters. The van der Waals surface area contributed by atoms with E-state index in [1.54, 1.807) is 0 Å². The molecule has 2 saturated carbocycles. The first-order valence-corrected chi connectivity index (χ1v) is 10.7. The van der Waals surface area contributed by atoms with E-state index in [1.165, 1.54) is 63.9 Å². The van der Waals surface area contributed by atoms with Crippen LogP contribution in [-0.2, 0) is 0 Å². The molecule has 1 aromatic rings. The molecule has 1 aromatic carbocycles. The van der Waals surface area contributed by atoms with Crippen LogP contribution in [0.25, 0.3) is 0 Å². The van der Waals surface area contributed by atoms with Crippen molar-refractivity contribution in [3.63, 3.8) is 0 Å². The quantitative estimate of drug-likeness (QED) is 0.530. The van der Waals surface area contributed by atoms with Gasteiger partial charge in [-0.05, 0) is 80.4 Å².